The van der Waals surface area contributed by atoms with Crippen molar-refractivity contribution in [2.45, 2.75) is 19.9 Å². The van der Waals surface area contributed by atoms with Crippen molar-refractivity contribution in [1.82, 2.24) is 0 Å². The molecule has 1 aromatic heterocycles. The lowest BCUT2D eigenvalue weighted by molar-refractivity contribution is 0.520. The summed E-state index contributed by atoms with van der Waals surface area (Å²) in [5.41, 5.74) is 6.99. The van der Waals surface area contributed by atoms with E-state index in [9.17, 15) is 0 Å². The Morgan fingerprint density at radius 2 is 2.14 bits per heavy atom. The number of aryl methyl sites for hydroxylation is 1. The maximum Gasteiger partial charge on any atom is 0.133 e. The molecule has 2 nitrogen and oxygen atoms in total. The van der Waals surface area contributed by atoms with E-state index in [0.29, 0.717) is 5.92 Å². The average Bonchev–Trinajstić information content (AvgIpc) is 2.57. The van der Waals surface area contributed by atoms with Crippen molar-refractivity contribution in [3.63, 3.8) is 0 Å². The molecule has 2 heteroatoms. The fraction of sp³-hybridized carbons (Fsp3) is 0.333. The first kappa shape index (κ1) is 9.28. The molecule has 2 N–H and O–H groups in total. The molecule has 0 radical (unpaired) electrons. The van der Waals surface area contributed by atoms with Crippen LogP contribution in [-0.4, -0.2) is 6.04 Å². The molecule has 2 atom stereocenters. The second-order valence-electron chi connectivity index (χ2n) is 3.83. The molecule has 0 saturated heterocycles. The first-order chi connectivity index (χ1) is 6.66. The zero-order valence-corrected chi connectivity index (χ0v) is 8.53. The highest BCUT2D eigenvalue weighted by atomic mass is 16.3. The van der Waals surface area contributed by atoms with Gasteiger partial charge in [0.25, 0.3) is 0 Å². The normalized spacial score (nSPS) is 26.4. The summed E-state index contributed by atoms with van der Waals surface area (Å²) in [6, 6.07) is 4.10. The minimum Gasteiger partial charge on any atom is -0.461 e. The van der Waals surface area contributed by atoms with Crippen molar-refractivity contribution < 1.29 is 4.42 Å². The van der Waals surface area contributed by atoms with E-state index in [2.05, 4.69) is 13.0 Å². The Balaban J connectivity index is 2.29. The highest BCUT2D eigenvalue weighted by Gasteiger charge is 2.14. The predicted octanol–water partition coefficient (Wildman–Crippen LogP) is 2.50. The number of rotatable bonds is 1. The topological polar surface area (TPSA) is 39.2 Å². The van der Waals surface area contributed by atoms with Crippen LogP contribution in [0.2, 0.25) is 0 Å². The van der Waals surface area contributed by atoms with Crippen LogP contribution in [0.1, 0.15) is 18.4 Å². The average molecular weight is 189 g/mol. The van der Waals surface area contributed by atoms with E-state index in [1.54, 1.807) is 0 Å². The molecule has 0 saturated carbocycles. The fourth-order valence-electron chi connectivity index (χ4n) is 1.59. The Labute approximate surface area is 84.1 Å². The van der Waals surface area contributed by atoms with E-state index in [-0.39, 0.29) is 6.04 Å². The SMILES string of the molecule is Cc1ccc(C2=CC(C)C(N)C=C2)o1. The fourth-order valence-corrected chi connectivity index (χ4v) is 1.59. The Kier molecular flexibility index (Phi) is 2.30. The molecule has 1 aromatic rings. The molecular formula is C12H15NO. The third-order valence-electron chi connectivity index (χ3n) is 2.57. The maximum absolute atomic E-state index is 5.86. The van der Waals surface area contributed by atoms with Crippen LogP contribution in [-0.2, 0) is 0 Å². The van der Waals surface area contributed by atoms with Crippen LogP contribution in [0.15, 0.2) is 34.8 Å². The number of hydrogen-bond acceptors (Lipinski definition) is 2. The molecule has 2 unspecified atom stereocenters. The summed E-state index contributed by atoms with van der Waals surface area (Å²) in [5.74, 6) is 2.25. The van der Waals surface area contributed by atoms with Crippen molar-refractivity contribution in [2.24, 2.45) is 11.7 Å². The molecule has 1 aliphatic carbocycles. The van der Waals surface area contributed by atoms with Gasteiger partial charge >= 0.3 is 0 Å². The summed E-state index contributed by atoms with van der Waals surface area (Å²) in [7, 11) is 0. The molecular weight excluding hydrogens is 174 g/mol. The van der Waals surface area contributed by atoms with Crippen molar-refractivity contribution in [1.29, 1.82) is 0 Å². The van der Waals surface area contributed by atoms with Crippen LogP contribution in [0.4, 0.5) is 0 Å². The van der Waals surface area contributed by atoms with Gasteiger partial charge in [-0.15, -0.1) is 0 Å². The van der Waals surface area contributed by atoms with Gasteiger partial charge in [-0.3, -0.25) is 0 Å². The van der Waals surface area contributed by atoms with E-state index < -0.39 is 0 Å². The lowest BCUT2D eigenvalue weighted by Crippen LogP contribution is -2.26. The maximum atomic E-state index is 5.86. The third-order valence-corrected chi connectivity index (χ3v) is 2.57. The van der Waals surface area contributed by atoms with E-state index >= 15 is 0 Å². The first-order valence-corrected chi connectivity index (χ1v) is 4.89. The quantitative estimate of drug-likeness (QED) is 0.737. The Morgan fingerprint density at radius 1 is 1.36 bits per heavy atom. The summed E-state index contributed by atoms with van der Waals surface area (Å²) >= 11 is 0. The van der Waals surface area contributed by atoms with Gasteiger partial charge in [0.2, 0.25) is 0 Å². The van der Waals surface area contributed by atoms with E-state index in [1.165, 1.54) is 0 Å². The molecule has 2 rings (SSSR count). The van der Waals surface area contributed by atoms with Gasteiger partial charge in [0.05, 0.1) is 0 Å². The Hall–Kier alpha value is -1.28. The minimum atomic E-state index is 0.134. The highest BCUT2D eigenvalue weighted by molar-refractivity contribution is 5.72. The van der Waals surface area contributed by atoms with Gasteiger partial charge < -0.3 is 10.2 Å². The smallest absolute Gasteiger partial charge is 0.133 e. The molecule has 1 aliphatic rings. The van der Waals surface area contributed by atoms with Gasteiger partial charge in [0.1, 0.15) is 11.5 Å². The van der Waals surface area contributed by atoms with Crippen LogP contribution in [0.25, 0.3) is 5.57 Å². The summed E-state index contributed by atoms with van der Waals surface area (Å²) < 4.78 is 5.55. The van der Waals surface area contributed by atoms with Gasteiger partial charge in [-0.25, -0.2) is 0 Å². The molecule has 1 heterocycles. The van der Waals surface area contributed by atoms with Gasteiger partial charge in [-0.2, -0.15) is 0 Å². The second kappa shape index (κ2) is 3.46. The van der Waals surface area contributed by atoms with E-state index in [0.717, 1.165) is 17.1 Å². The van der Waals surface area contributed by atoms with Crippen LogP contribution in [0.5, 0.6) is 0 Å². The number of allylic oxidation sites excluding steroid dienone is 2. The lowest BCUT2D eigenvalue weighted by atomic mass is 9.93. The van der Waals surface area contributed by atoms with Gasteiger partial charge in [-0.1, -0.05) is 25.2 Å². The first-order valence-electron chi connectivity index (χ1n) is 4.89. The van der Waals surface area contributed by atoms with E-state index in [4.69, 9.17) is 10.2 Å². The minimum absolute atomic E-state index is 0.134. The third kappa shape index (κ3) is 1.66. The molecule has 0 fully saturated rings. The monoisotopic (exact) mass is 189 g/mol. The lowest BCUT2D eigenvalue weighted by Gasteiger charge is -2.17. The van der Waals surface area contributed by atoms with Crippen molar-refractivity contribution >= 4 is 5.57 Å². The van der Waals surface area contributed by atoms with Crippen LogP contribution < -0.4 is 5.73 Å². The number of hydrogen-bond donors (Lipinski definition) is 1. The van der Waals surface area contributed by atoms with Gasteiger partial charge in [0.15, 0.2) is 0 Å². The molecule has 0 aliphatic heterocycles. The zero-order chi connectivity index (χ0) is 10.1. The molecule has 0 amide bonds. The van der Waals surface area contributed by atoms with Gasteiger partial charge in [0, 0.05) is 11.6 Å². The predicted molar refractivity (Wildman–Crippen MR) is 57.7 cm³/mol. The number of furan rings is 1. The van der Waals surface area contributed by atoms with Crippen LogP contribution >= 0.6 is 0 Å². The molecule has 0 aromatic carbocycles. The standard InChI is InChI=1S/C12H15NO/c1-8-7-10(4-5-11(8)13)12-6-3-9(2)14-12/h3-8,11H,13H2,1-2H3. The second-order valence-corrected chi connectivity index (χ2v) is 3.83. The Morgan fingerprint density at radius 3 is 2.71 bits per heavy atom. The van der Waals surface area contributed by atoms with Crippen LogP contribution in [0, 0.1) is 12.8 Å². The Bertz CT molecular complexity index is 387. The molecule has 74 valence electrons. The summed E-state index contributed by atoms with van der Waals surface area (Å²) in [5, 5.41) is 0. The highest BCUT2D eigenvalue weighted by Crippen LogP contribution is 2.25. The van der Waals surface area contributed by atoms with Gasteiger partial charge in [-0.05, 0) is 25.0 Å². The number of nitrogens with two attached hydrogens (primary N) is 1. The molecule has 0 spiro atoms. The van der Waals surface area contributed by atoms with Crippen molar-refractivity contribution in [3.05, 3.63) is 41.9 Å². The van der Waals surface area contributed by atoms with Crippen molar-refractivity contribution in [3.8, 4) is 0 Å². The molecule has 0 bridgehead atoms. The largest absolute Gasteiger partial charge is 0.461 e. The van der Waals surface area contributed by atoms with E-state index in [1.807, 2.05) is 31.2 Å². The molecule has 14 heavy (non-hydrogen) atoms. The summed E-state index contributed by atoms with van der Waals surface area (Å²) in [6.07, 6.45) is 6.21. The summed E-state index contributed by atoms with van der Waals surface area (Å²) in [4.78, 5) is 0. The summed E-state index contributed by atoms with van der Waals surface area (Å²) in [6.45, 7) is 4.07. The van der Waals surface area contributed by atoms with Crippen molar-refractivity contribution in [2.75, 3.05) is 0 Å². The van der Waals surface area contributed by atoms with Crippen LogP contribution in [0.3, 0.4) is 0 Å². The zero-order valence-electron chi connectivity index (χ0n) is 8.53.